The first kappa shape index (κ1) is 19.1. The van der Waals surface area contributed by atoms with E-state index in [0.29, 0.717) is 6.42 Å². The normalized spacial score (nSPS) is 17.4. The monoisotopic (exact) mass is 366 g/mol. The molecule has 0 spiro atoms. The summed E-state index contributed by atoms with van der Waals surface area (Å²) < 4.78 is 0. The number of carbonyl (C=O) groups excluding carboxylic acids is 1. The number of carbonyl (C=O) groups is 2. The van der Waals surface area contributed by atoms with Crippen molar-refractivity contribution < 1.29 is 14.7 Å². The molecule has 0 aromatic heterocycles. The number of benzene rings is 2. The van der Waals surface area contributed by atoms with Crippen LogP contribution in [0.2, 0.25) is 0 Å². The van der Waals surface area contributed by atoms with Gasteiger partial charge in [-0.05, 0) is 49.1 Å². The lowest BCUT2D eigenvalue weighted by Crippen LogP contribution is -2.40. The second-order valence-electron chi connectivity index (χ2n) is 7.14. The largest absolute Gasteiger partial charge is 0.481 e. The maximum atomic E-state index is 12.7. The third kappa shape index (κ3) is 5.93. The van der Waals surface area contributed by atoms with Gasteiger partial charge >= 0.3 is 5.97 Å². The zero-order valence-corrected chi connectivity index (χ0v) is 15.4. The lowest BCUT2D eigenvalue weighted by Gasteiger charge is -2.32. The third-order valence-corrected chi connectivity index (χ3v) is 4.95. The number of aryl methyl sites for hydroxylation is 1. The predicted octanol–water partition coefficient (Wildman–Crippen LogP) is 3.55. The molecule has 1 heterocycles. The Kier molecular flexibility index (Phi) is 6.60. The molecule has 5 heteroatoms. The van der Waals surface area contributed by atoms with Crippen LogP contribution >= 0.6 is 0 Å². The van der Waals surface area contributed by atoms with Gasteiger partial charge in [-0.15, -0.1) is 0 Å². The number of nitrogens with one attached hydrogen (secondary N) is 1. The molecule has 27 heavy (non-hydrogen) atoms. The van der Waals surface area contributed by atoms with Gasteiger partial charge in [0, 0.05) is 25.2 Å². The standard InChI is InChI=1S/C22H26N2O3/c25-21(26)12-11-17-8-4-10-20(14-17)23-22(27)19-9-5-13-24(16-19)15-18-6-2-1-3-7-18/h1-4,6-8,10,14,19H,5,9,11-13,15-16H2,(H,23,27)(H,25,26). The molecule has 1 aliphatic heterocycles. The summed E-state index contributed by atoms with van der Waals surface area (Å²) in [6.45, 7) is 2.65. The fraction of sp³-hybridized carbons (Fsp3) is 0.364. The van der Waals surface area contributed by atoms with Gasteiger partial charge in [-0.1, -0.05) is 42.5 Å². The van der Waals surface area contributed by atoms with Crippen molar-refractivity contribution in [2.75, 3.05) is 18.4 Å². The van der Waals surface area contributed by atoms with Gasteiger partial charge < -0.3 is 10.4 Å². The molecule has 1 aliphatic rings. The number of rotatable bonds is 7. The lowest BCUT2D eigenvalue weighted by molar-refractivity contribution is -0.137. The minimum atomic E-state index is -0.815. The number of likely N-dealkylation sites (tertiary alicyclic amines) is 1. The molecule has 0 radical (unpaired) electrons. The molecule has 1 saturated heterocycles. The minimum Gasteiger partial charge on any atom is -0.481 e. The number of carboxylic acid groups (broad SMARTS) is 1. The van der Waals surface area contributed by atoms with E-state index in [2.05, 4.69) is 22.3 Å². The topological polar surface area (TPSA) is 69.6 Å². The summed E-state index contributed by atoms with van der Waals surface area (Å²) in [6.07, 6.45) is 2.47. The van der Waals surface area contributed by atoms with E-state index in [4.69, 9.17) is 5.11 Å². The van der Waals surface area contributed by atoms with E-state index in [1.54, 1.807) is 0 Å². The maximum Gasteiger partial charge on any atom is 0.303 e. The summed E-state index contributed by atoms with van der Waals surface area (Å²) in [6, 6.07) is 17.8. The number of amides is 1. The van der Waals surface area contributed by atoms with E-state index in [-0.39, 0.29) is 18.2 Å². The Morgan fingerprint density at radius 2 is 1.85 bits per heavy atom. The van der Waals surface area contributed by atoms with Crippen molar-refractivity contribution >= 4 is 17.6 Å². The Hall–Kier alpha value is -2.66. The molecule has 1 fully saturated rings. The summed E-state index contributed by atoms with van der Waals surface area (Å²) in [7, 11) is 0. The van der Waals surface area contributed by atoms with E-state index < -0.39 is 5.97 Å². The second kappa shape index (κ2) is 9.33. The van der Waals surface area contributed by atoms with Crippen molar-refractivity contribution in [2.24, 2.45) is 5.92 Å². The van der Waals surface area contributed by atoms with Crippen LogP contribution in [-0.4, -0.2) is 35.0 Å². The van der Waals surface area contributed by atoms with E-state index in [1.807, 2.05) is 42.5 Å². The highest BCUT2D eigenvalue weighted by Gasteiger charge is 2.25. The molecule has 0 saturated carbocycles. The van der Waals surface area contributed by atoms with Crippen LogP contribution in [0.4, 0.5) is 5.69 Å². The fourth-order valence-electron chi connectivity index (χ4n) is 3.55. The van der Waals surface area contributed by atoms with Crippen molar-refractivity contribution in [1.82, 2.24) is 4.90 Å². The molecule has 3 rings (SSSR count). The number of hydrogen-bond acceptors (Lipinski definition) is 3. The summed E-state index contributed by atoms with van der Waals surface area (Å²) in [4.78, 5) is 25.8. The number of hydrogen-bond donors (Lipinski definition) is 2. The van der Waals surface area contributed by atoms with Crippen LogP contribution in [0.15, 0.2) is 54.6 Å². The highest BCUT2D eigenvalue weighted by molar-refractivity contribution is 5.92. The molecule has 2 aromatic rings. The van der Waals surface area contributed by atoms with Gasteiger partial charge in [-0.2, -0.15) is 0 Å². The Balaban J connectivity index is 1.55. The minimum absolute atomic E-state index is 0.0230. The Labute approximate surface area is 160 Å². The average Bonchev–Trinajstić information content (AvgIpc) is 2.68. The van der Waals surface area contributed by atoms with E-state index in [9.17, 15) is 9.59 Å². The summed E-state index contributed by atoms with van der Waals surface area (Å²) in [5.74, 6) is -0.793. The summed E-state index contributed by atoms with van der Waals surface area (Å²) in [5, 5.41) is 11.8. The smallest absolute Gasteiger partial charge is 0.303 e. The van der Waals surface area contributed by atoms with Crippen molar-refractivity contribution in [2.45, 2.75) is 32.2 Å². The number of carboxylic acids is 1. The quantitative estimate of drug-likeness (QED) is 0.786. The number of anilines is 1. The second-order valence-corrected chi connectivity index (χ2v) is 7.14. The zero-order valence-electron chi connectivity index (χ0n) is 15.4. The Morgan fingerprint density at radius 3 is 2.63 bits per heavy atom. The molecule has 0 bridgehead atoms. The third-order valence-electron chi connectivity index (χ3n) is 4.95. The Morgan fingerprint density at radius 1 is 1.07 bits per heavy atom. The zero-order chi connectivity index (χ0) is 19.1. The van der Waals surface area contributed by atoms with Gasteiger partial charge in [0.2, 0.25) is 5.91 Å². The van der Waals surface area contributed by atoms with Gasteiger partial charge in [0.15, 0.2) is 0 Å². The first-order chi connectivity index (χ1) is 13.1. The van der Waals surface area contributed by atoms with Gasteiger partial charge in [0.25, 0.3) is 0 Å². The molecular formula is C22H26N2O3. The molecule has 142 valence electrons. The van der Waals surface area contributed by atoms with Gasteiger partial charge in [0.1, 0.15) is 0 Å². The van der Waals surface area contributed by atoms with Crippen LogP contribution in [0.1, 0.15) is 30.4 Å². The first-order valence-electron chi connectivity index (χ1n) is 9.48. The molecule has 5 nitrogen and oxygen atoms in total. The van der Waals surface area contributed by atoms with E-state index in [1.165, 1.54) is 5.56 Å². The predicted molar refractivity (Wildman–Crippen MR) is 105 cm³/mol. The first-order valence-corrected chi connectivity index (χ1v) is 9.48. The van der Waals surface area contributed by atoms with E-state index in [0.717, 1.165) is 43.7 Å². The highest BCUT2D eigenvalue weighted by Crippen LogP contribution is 2.21. The van der Waals surface area contributed by atoms with Crippen LogP contribution in [0, 0.1) is 5.92 Å². The van der Waals surface area contributed by atoms with Crippen molar-refractivity contribution in [3.63, 3.8) is 0 Å². The molecule has 0 aliphatic carbocycles. The SMILES string of the molecule is O=C(O)CCc1cccc(NC(=O)C2CCCN(Cc3ccccc3)C2)c1. The van der Waals surface area contributed by atoms with Crippen LogP contribution in [0.3, 0.4) is 0 Å². The summed E-state index contributed by atoms with van der Waals surface area (Å²) in [5.41, 5.74) is 2.93. The molecule has 1 unspecified atom stereocenters. The highest BCUT2D eigenvalue weighted by atomic mass is 16.4. The van der Waals surface area contributed by atoms with Crippen molar-refractivity contribution in [1.29, 1.82) is 0 Å². The fourth-order valence-corrected chi connectivity index (χ4v) is 3.55. The van der Waals surface area contributed by atoms with Gasteiger partial charge in [0.05, 0.1) is 5.92 Å². The number of aliphatic carboxylic acids is 1. The van der Waals surface area contributed by atoms with Crippen molar-refractivity contribution in [3.8, 4) is 0 Å². The van der Waals surface area contributed by atoms with Crippen LogP contribution in [0.25, 0.3) is 0 Å². The number of nitrogens with zero attached hydrogens (tertiary/aromatic N) is 1. The van der Waals surface area contributed by atoms with Crippen molar-refractivity contribution in [3.05, 3.63) is 65.7 Å². The lowest BCUT2D eigenvalue weighted by atomic mass is 9.96. The van der Waals surface area contributed by atoms with Gasteiger partial charge in [-0.25, -0.2) is 0 Å². The maximum absolute atomic E-state index is 12.7. The molecule has 2 N–H and O–H groups in total. The molecule has 1 amide bonds. The van der Waals surface area contributed by atoms with Crippen LogP contribution in [-0.2, 0) is 22.6 Å². The van der Waals surface area contributed by atoms with E-state index >= 15 is 0 Å². The average molecular weight is 366 g/mol. The molecular weight excluding hydrogens is 340 g/mol. The van der Waals surface area contributed by atoms with Crippen LogP contribution in [0.5, 0.6) is 0 Å². The number of piperidine rings is 1. The van der Waals surface area contributed by atoms with Gasteiger partial charge in [-0.3, -0.25) is 14.5 Å². The van der Waals surface area contributed by atoms with Crippen LogP contribution < -0.4 is 5.32 Å². The molecule has 1 atom stereocenters. The summed E-state index contributed by atoms with van der Waals surface area (Å²) >= 11 is 0. The Bertz CT molecular complexity index is 776. The molecule has 2 aromatic carbocycles.